The molecule has 3 nitrogen and oxygen atoms in total. The van der Waals surface area contributed by atoms with Gasteiger partial charge in [0.1, 0.15) is 0 Å². The first-order valence-corrected chi connectivity index (χ1v) is 7.22. The fourth-order valence-electron chi connectivity index (χ4n) is 2.29. The summed E-state index contributed by atoms with van der Waals surface area (Å²) in [6, 6.07) is 0.567. The molecule has 0 saturated carbocycles. The van der Waals surface area contributed by atoms with Crippen LogP contribution in [0.25, 0.3) is 0 Å². The van der Waals surface area contributed by atoms with Crippen LogP contribution in [0.4, 0.5) is 0 Å². The lowest BCUT2D eigenvalue weighted by molar-refractivity contribution is 0.258. The maximum atomic E-state index is 4.39. The van der Waals surface area contributed by atoms with E-state index in [-0.39, 0.29) is 0 Å². The molecule has 0 spiro atoms. The number of aromatic nitrogens is 2. The largest absolute Gasteiger partial charge is 0.314 e. The Bertz CT molecular complexity index is 336. The second-order valence-electron chi connectivity index (χ2n) is 6.13. The van der Waals surface area contributed by atoms with E-state index in [1.165, 1.54) is 12.0 Å². The topological polar surface area (TPSA) is 29.9 Å². The van der Waals surface area contributed by atoms with E-state index < -0.39 is 0 Å². The third-order valence-corrected chi connectivity index (χ3v) is 3.36. The zero-order chi connectivity index (χ0) is 13.6. The zero-order valence-corrected chi connectivity index (χ0v) is 12.7. The maximum Gasteiger partial charge on any atom is 0.0521 e. The minimum absolute atomic E-state index is 0.315. The van der Waals surface area contributed by atoms with E-state index in [1.807, 2.05) is 6.20 Å². The molecule has 0 aliphatic carbocycles. The number of aryl methyl sites for hydroxylation is 2. The minimum Gasteiger partial charge on any atom is -0.314 e. The van der Waals surface area contributed by atoms with Gasteiger partial charge in [0.2, 0.25) is 0 Å². The predicted octanol–water partition coefficient (Wildman–Crippen LogP) is 3.25. The molecule has 0 radical (unpaired) electrons. The van der Waals surface area contributed by atoms with Gasteiger partial charge in [-0.3, -0.25) is 4.68 Å². The second kappa shape index (κ2) is 6.93. The van der Waals surface area contributed by atoms with Gasteiger partial charge in [-0.25, -0.2) is 0 Å². The maximum absolute atomic E-state index is 4.39. The highest BCUT2D eigenvalue weighted by molar-refractivity contribution is 5.04. The van der Waals surface area contributed by atoms with Gasteiger partial charge in [0.05, 0.1) is 6.20 Å². The lowest BCUT2D eigenvalue weighted by atomic mass is 9.83. The minimum atomic E-state index is 0.315. The van der Waals surface area contributed by atoms with Crippen LogP contribution in [0.15, 0.2) is 12.4 Å². The fraction of sp³-hybridized carbons (Fsp3) is 0.800. The molecule has 1 aromatic heterocycles. The average molecular weight is 251 g/mol. The zero-order valence-electron chi connectivity index (χ0n) is 12.7. The van der Waals surface area contributed by atoms with Gasteiger partial charge in [-0.2, -0.15) is 5.10 Å². The van der Waals surface area contributed by atoms with E-state index in [0.717, 1.165) is 25.9 Å². The van der Waals surface area contributed by atoms with Crippen molar-refractivity contribution in [2.75, 3.05) is 6.54 Å². The highest BCUT2D eigenvalue weighted by Gasteiger charge is 2.23. The molecule has 0 aliphatic rings. The Morgan fingerprint density at radius 2 is 2.06 bits per heavy atom. The van der Waals surface area contributed by atoms with Gasteiger partial charge in [-0.05, 0) is 36.8 Å². The van der Waals surface area contributed by atoms with Crippen LogP contribution in [-0.2, 0) is 13.0 Å². The molecule has 1 N–H and O–H groups in total. The molecule has 18 heavy (non-hydrogen) atoms. The van der Waals surface area contributed by atoms with Crippen LogP contribution >= 0.6 is 0 Å². The summed E-state index contributed by atoms with van der Waals surface area (Å²) < 4.78 is 2.05. The number of hydrogen-bond donors (Lipinski definition) is 1. The van der Waals surface area contributed by atoms with Crippen LogP contribution in [0.2, 0.25) is 0 Å². The summed E-state index contributed by atoms with van der Waals surface area (Å²) in [7, 11) is 0. The SMILES string of the molecule is CCCn1cc(CCC(NCC)C(C)(C)C)cn1. The number of hydrogen-bond acceptors (Lipinski definition) is 2. The van der Waals surface area contributed by atoms with Gasteiger partial charge in [0, 0.05) is 18.8 Å². The first kappa shape index (κ1) is 15.2. The number of rotatable bonds is 7. The van der Waals surface area contributed by atoms with Crippen LogP contribution < -0.4 is 5.32 Å². The third-order valence-electron chi connectivity index (χ3n) is 3.36. The monoisotopic (exact) mass is 251 g/mol. The van der Waals surface area contributed by atoms with Crippen molar-refractivity contribution < 1.29 is 0 Å². The molecule has 1 heterocycles. The average Bonchev–Trinajstić information content (AvgIpc) is 2.71. The summed E-state index contributed by atoms with van der Waals surface area (Å²) in [6.07, 6.45) is 7.63. The van der Waals surface area contributed by atoms with Crippen molar-refractivity contribution in [2.24, 2.45) is 5.41 Å². The summed E-state index contributed by atoms with van der Waals surface area (Å²) >= 11 is 0. The van der Waals surface area contributed by atoms with Gasteiger partial charge in [0.15, 0.2) is 0 Å². The molecular weight excluding hydrogens is 222 g/mol. The summed E-state index contributed by atoms with van der Waals surface area (Å²) in [5.74, 6) is 0. The highest BCUT2D eigenvalue weighted by atomic mass is 15.3. The Morgan fingerprint density at radius 3 is 2.61 bits per heavy atom. The van der Waals surface area contributed by atoms with Crippen molar-refractivity contribution in [3.05, 3.63) is 18.0 Å². The van der Waals surface area contributed by atoms with Crippen LogP contribution in [-0.4, -0.2) is 22.4 Å². The van der Waals surface area contributed by atoms with E-state index in [4.69, 9.17) is 0 Å². The van der Waals surface area contributed by atoms with E-state index in [0.29, 0.717) is 11.5 Å². The number of nitrogens with zero attached hydrogens (tertiary/aromatic N) is 2. The molecule has 0 aliphatic heterocycles. The molecule has 3 heteroatoms. The predicted molar refractivity (Wildman–Crippen MR) is 77.8 cm³/mol. The normalized spacial score (nSPS) is 13.8. The molecule has 1 atom stereocenters. The van der Waals surface area contributed by atoms with Crippen LogP contribution in [0.1, 0.15) is 53.0 Å². The van der Waals surface area contributed by atoms with Crippen molar-refractivity contribution in [3.63, 3.8) is 0 Å². The molecular formula is C15H29N3. The summed E-state index contributed by atoms with van der Waals surface area (Å²) in [4.78, 5) is 0. The Balaban J connectivity index is 2.50. The fourth-order valence-corrected chi connectivity index (χ4v) is 2.29. The van der Waals surface area contributed by atoms with Gasteiger partial charge < -0.3 is 5.32 Å². The quantitative estimate of drug-likeness (QED) is 0.806. The van der Waals surface area contributed by atoms with Crippen LogP contribution in [0.3, 0.4) is 0 Å². The Morgan fingerprint density at radius 1 is 1.33 bits per heavy atom. The standard InChI is InChI=1S/C15H29N3/c1-6-10-18-12-13(11-17-18)8-9-14(16-7-2)15(3,4)5/h11-12,14,16H,6-10H2,1-5H3. The van der Waals surface area contributed by atoms with Crippen molar-refractivity contribution in [1.29, 1.82) is 0 Å². The first-order valence-electron chi connectivity index (χ1n) is 7.22. The van der Waals surface area contributed by atoms with Crippen LogP contribution in [0, 0.1) is 5.41 Å². The Labute approximate surface area is 112 Å². The smallest absolute Gasteiger partial charge is 0.0521 e. The third kappa shape index (κ3) is 4.81. The molecule has 1 aromatic rings. The molecule has 104 valence electrons. The summed E-state index contributed by atoms with van der Waals surface area (Å²) in [5, 5.41) is 7.99. The summed E-state index contributed by atoms with van der Waals surface area (Å²) in [6.45, 7) is 13.3. The van der Waals surface area contributed by atoms with Gasteiger partial charge in [0.25, 0.3) is 0 Å². The first-order chi connectivity index (χ1) is 8.47. The van der Waals surface area contributed by atoms with E-state index in [1.54, 1.807) is 0 Å². The van der Waals surface area contributed by atoms with E-state index in [9.17, 15) is 0 Å². The van der Waals surface area contributed by atoms with Crippen molar-refractivity contribution in [2.45, 2.75) is 66.5 Å². The molecule has 0 amide bonds. The highest BCUT2D eigenvalue weighted by Crippen LogP contribution is 2.23. The summed E-state index contributed by atoms with van der Waals surface area (Å²) in [5.41, 5.74) is 1.67. The lowest BCUT2D eigenvalue weighted by Gasteiger charge is -2.31. The molecule has 1 unspecified atom stereocenters. The van der Waals surface area contributed by atoms with Crippen molar-refractivity contribution >= 4 is 0 Å². The lowest BCUT2D eigenvalue weighted by Crippen LogP contribution is -2.40. The molecule has 0 fully saturated rings. The molecule has 1 rings (SSSR count). The van der Waals surface area contributed by atoms with Gasteiger partial charge >= 0.3 is 0 Å². The Kier molecular flexibility index (Phi) is 5.86. The van der Waals surface area contributed by atoms with Crippen molar-refractivity contribution in [1.82, 2.24) is 15.1 Å². The Hall–Kier alpha value is -0.830. The van der Waals surface area contributed by atoms with Crippen molar-refractivity contribution in [3.8, 4) is 0 Å². The van der Waals surface area contributed by atoms with Crippen LogP contribution in [0.5, 0.6) is 0 Å². The van der Waals surface area contributed by atoms with Gasteiger partial charge in [-0.15, -0.1) is 0 Å². The molecule has 0 bridgehead atoms. The second-order valence-corrected chi connectivity index (χ2v) is 6.13. The van der Waals surface area contributed by atoms with E-state index in [2.05, 4.69) is 55.9 Å². The van der Waals surface area contributed by atoms with E-state index >= 15 is 0 Å². The molecule has 0 saturated heterocycles. The van der Waals surface area contributed by atoms with Gasteiger partial charge in [-0.1, -0.05) is 34.6 Å². The number of nitrogens with one attached hydrogen (secondary N) is 1. The molecule has 0 aromatic carbocycles.